The molecule has 0 saturated carbocycles. The molecule has 19 heavy (non-hydrogen) atoms. The molecule has 0 aliphatic heterocycles. The van der Waals surface area contributed by atoms with Gasteiger partial charge in [0.05, 0.1) is 16.7 Å². The van der Waals surface area contributed by atoms with Crippen molar-refractivity contribution in [1.82, 2.24) is 10.0 Å². The van der Waals surface area contributed by atoms with Crippen molar-refractivity contribution in [3.8, 4) is 6.07 Å². The van der Waals surface area contributed by atoms with Gasteiger partial charge in [-0.2, -0.15) is 5.26 Å². The van der Waals surface area contributed by atoms with E-state index in [4.69, 9.17) is 16.9 Å². The number of hydrogen-bond donors (Lipinski definition) is 2. The summed E-state index contributed by atoms with van der Waals surface area (Å²) in [4.78, 5) is -0.0142. The molecule has 0 unspecified atom stereocenters. The summed E-state index contributed by atoms with van der Waals surface area (Å²) in [5, 5.41) is 11.7. The largest absolute Gasteiger partial charge is 0.316 e. The van der Waals surface area contributed by atoms with Crippen LogP contribution in [0.3, 0.4) is 0 Å². The third kappa shape index (κ3) is 5.35. The van der Waals surface area contributed by atoms with E-state index in [0.29, 0.717) is 12.1 Å². The van der Waals surface area contributed by atoms with Crippen LogP contribution >= 0.6 is 24.0 Å². The van der Waals surface area contributed by atoms with Crippen molar-refractivity contribution in [2.24, 2.45) is 0 Å². The van der Waals surface area contributed by atoms with Crippen LogP contribution < -0.4 is 10.0 Å². The second kappa shape index (κ2) is 8.35. The average Bonchev–Trinajstić information content (AvgIpc) is 2.34. The molecule has 0 atom stereocenters. The lowest BCUT2D eigenvalue weighted by molar-refractivity contribution is 0.577. The van der Waals surface area contributed by atoms with E-state index >= 15 is 0 Å². The molecule has 1 aromatic carbocycles. The van der Waals surface area contributed by atoms with Crippen LogP contribution in [0.2, 0.25) is 5.02 Å². The number of rotatable bonds is 6. The van der Waals surface area contributed by atoms with E-state index in [1.54, 1.807) is 0 Å². The van der Waals surface area contributed by atoms with Crippen molar-refractivity contribution >= 4 is 34.0 Å². The Kier molecular flexibility index (Phi) is 7.99. The number of halogens is 2. The summed E-state index contributed by atoms with van der Waals surface area (Å²) in [5.41, 5.74) is 0.326. The van der Waals surface area contributed by atoms with Crippen LogP contribution in [0.4, 0.5) is 0 Å². The quantitative estimate of drug-likeness (QED) is 0.778. The summed E-state index contributed by atoms with van der Waals surface area (Å²) < 4.78 is 26.2. The normalized spacial score (nSPS) is 10.6. The maximum absolute atomic E-state index is 11.9. The zero-order valence-electron chi connectivity index (χ0n) is 10.3. The summed E-state index contributed by atoms with van der Waals surface area (Å²) in [6.45, 7) is 3.54. The molecule has 0 saturated heterocycles. The van der Waals surface area contributed by atoms with E-state index < -0.39 is 10.0 Å². The minimum atomic E-state index is -3.63. The Hall–Kier alpha value is -0.840. The molecule has 0 amide bonds. The predicted octanol–water partition coefficient (Wildman–Crippen LogP) is 1.52. The van der Waals surface area contributed by atoms with Gasteiger partial charge in [-0.15, -0.1) is 12.4 Å². The maximum atomic E-state index is 11.9. The van der Waals surface area contributed by atoms with Gasteiger partial charge in [0.2, 0.25) is 10.0 Å². The van der Waals surface area contributed by atoms with Crippen molar-refractivity contribution in [3.63, 3.8) is 0 Å². The van der Waals surface area contributed by atoms with Crippen molar-refractivity contribution in [3.05, 3.63) is 28.8 Å². The lowest BCUT2D eigenvalue weighted by Crippen LogP contribution is -2.31. The minimum absolute atomic E-state index is 0. The van der Waals surface area contributed by atoms with Crippen LogP contribution in [0.25, 0.3) is 0 Å². The Labute approximate surface area is 124 Å². The van der Waals surface area contributed by atoms with Gasteiger partial charge in [-0.05, 0) is 24.7 Å². The molecule has 0 aliphatic rings. The molecule has 1 aromatic rings. The number of nitrogens with zero attached hydrogens (tertiary/aromatic N) is 1. The lowest BCUT2D eigenvalue weighted by atomic mass is 10.2. The first-order valence-corrected chi connectivity index (χ1v) is 7.27. The Morgan fingerprint density at radius 3 is 2.58 bits per heavy atom. The van der Waals surface area contributed by atoms with Gasteiger partial charge in [-0.1, -0.05) is 18.5 Å². The van der Waals surface area contributed by atoms with Crippen molar-refractivity contribution in [2.45, 2.75) is 11.8 Å². The molecule has 8 heteroatoms. The molecule has 0 aromatic heterocycles. The average molecular weight is 324 g/mol. The molecule has 106 valence electrons. The number of benzene rings is 1. The van der Waals surface area contributed by atoms with Gasteiger partial charge in [-0.3, -0.25) is 0 Å². The number of nitriles is 1. The van der Waals surface area contributed by atoms with Crippen LogP contribution in [0.1, 0.15) is 12.5 Å². The van der Waals surface area contributed by atoms with Gasteiger partial charge in [0.1, 0.15) is 4.90 Å². The number of nitrogens with one attached hydrogen (secondary N) is 2. The van der Waals surface area contributed by atoms with Crippen LogP contribution in [0.5, 0.6) is 0 Å². The molecule has 5 nitrogen and oxygen atoms in total. The third-order valence-electron chi connectivity index (χ3n) is 2.19. The fourth-order valence-corrected chi connectivity index (χ4v) is 2.89. The van der Waals surface area contributed by atoms with Gasteiger partial charge in [0.25, 0.3) is 0 Å². The summed E-state index contributed by atoms with van der Waals surface area (Å²) in [6, 6.07) is 5.98. The predicted molar refractivity (Wildman–Crippen MR) is 77.1 cm³/mol. The topological polar surface area (TPSA) is 82.0 Å². The highest BCUT2D eigenvalue weighted by atomic mass is 35.5. The Bertz CT molecular complexity index is 556. The maximum Gasteiger partial charge on any atom is 0.242 e. The SMILES string of the molecule is CCNCCNS(=O)(=O)c1ccc(C#N)cc1Cl.Cl. The monoisotopic (exact) mass is 323 g/mol. The molecule has 1 rings (SSSR count). The summed E-state index contributed by atoms with van der Waals surface area (Å²) in [7, 11) is -3.63. The standard InChI is InChI=1S/C11H14ClN3O2S.ClH/c1-2-14-5-6-15-18(16,17)11-4-3-9(8-13)7-10(11)12;/h3-4,7,14-15H,2,5-6H2,1H3;1H. The van der Waals surface area contributed by atoms with Gasteiger partial charge < -0.3 is 5.32 Å². The summed E-state index contributed by atoms with van der Waals surface area (Å²) in [6.07, 6.45) is 0. The number of likely N-dealkylation sites (N-methyl/N-ethyl adjacent to an activating group) is 1. The van der Waals surface area contributed by atoms with Crippen molar-refractivity contribution < 1.29 is 8.42 Å². The van der Waals surface area contributed by atoms with Crippen molar-refractivity contribution in [1.29, 1.82) is 5.26 Å². The second-order valence-electron chi connectivity index (χ2n) is 3.51. The van der Waals surface area contributed by atoms with E-state index in [2.05, 4.69) is 10.0 Å². The third-order valence-corrected chi connectivity index (χ3v) is 4.14. The zero-order valence-corrected chi connectivity index (χ0v) is 12.7. The highest BCUT2D eigenvalue weighted by molar-refractivity contribution is 7.89. The molecule has 0 fully saturated rings. The number of hydrogen-bond acceptors (Lipinski definition) is 4. The molecule has 2 N–H and O–H groups in total. The van der Waals surface area contributed by atoms with Crippen LogP contribution in [0.15, 0.2) is 23.1 Å². The Morgan fingerprint density at radius 1 is 1.37 bits per heavy atom. The van der Waals surface area contributed by atoms with Gasteiger partial charge in [0.15, 0.2) is 0 Å². The molecular weight excluding hydrogens is 309 g/mol. The van der Waals surface area contributed by atoms with E-state index in [1.807, 2.05) is 13.0 Å². The first-order chi connectivity index (χ1) is 8.51. The van der Waals surface area contributed by atoms with Gasteiger partial charge in [0, 0.05) is 13.1 Å². The first-order valence-electron chi connectivity index (χ1n) is 5.41. The van der Waals surface area contributed by atoms with Gasteiger partial charge >= 0.3 is 0 Å². The fraction of sp³-hybridized carbons (Fsp3) is 0.364. The van der Waals surface area contributed by atoms with E-state index in [1.165, 1.54) is 18.2 Å². The fourth-order valence-electron chi connectivity index (χ4n) is 1.32. The molecule has 0 aliphatic carbocycles. The lowest BCUT2D eigenvalue weighted by Gasteiger charge is -2.08. The molecule has 0 spiro atoms. The molecule has 0 radical (unpaired) electrons. The van der Waals surface area contributed by atoms with E-state index in [9.17, 15) is 8.42 Å². The minimum Gasteiger partial charge on any atom is -0.316 e. The van der Waals surface area contributed by atoms with E-state index in [-0.39, 0.29) is 28.9 Å². The smallest absolute Gasteiger partial charge is 0.242 e. The Morgan fingerprint density at radius 2 is 2.05 bits per heavy atom. The zero-order chi connectivity index (χ0) is 13.6. The van der Waals surface area contributed by atoms with Crippen LogP contribution in [0, 0.1) is 11.3 Å². The molecule has 0 heterocycles. The summed E-state index contributed by atoms with van der Waals surface area (Å²) in [5.74, 6) is 0. The first kappa shape index (κ1) is 18.2. The van der Waals surface area contributed by atoms with Crippen molar-refractivity contribution in [2.75, 3.05) is 19.6 Å². The second-order valence-corrected chi connectivity index (χ2v) is 5.65. The highest BCUT2D eigenvalue weighted by Crippen LogP contribution is 2.22. The number of sulfonamides is 1. The van der Waals surface area contributed by atoms with Crippen LogP contribution in [-0.4, -0.2) is 28.1 Å². The highest BCUT2D eigenvalue weighted by Gasteiger charge is 2.17. The molecule has 0 bridgehead atoms. The van der Waals surface area contributed by atoms with Crippen LogP contribution in [-0.2, 0) is 10.0 Å². The molecular formula is C11H15Cl2N3O2S. The van der Waals surface area contributed by atoms with Gasteiger partial charge in [-0.25, -0.2) is 13.1 Å². The Balaban J connectivity index is 0.00000324. The summed E-state index contributed by atoms with van der Waals surface area (Å²) >= 11 is 5.85. The van der Waals surface area contributed by atoms with E-state index in [0.717, 1.165) is 6.54 Å².